The summed E-state index contributed by atoms with van der Waals surface area (Å²) in [7, 11) is 0. The number of benzene rings is 2. The minimum absolute atomic E-state index is 0.176. The smallest absolute Gasteiger partial charge is 0.411 e. The van der Waals surface area contributed by atoms with Crippen LogP contribution in [0.3, 0.4) is 0 Å². The number of rotatable bonds is 2. The molecule has 0 spiro atoms. The molecule has 2 aromatic carbocycles. The van der Waals surface area contributed by atoms with Gasteiger partial charge in [0.05, 0.1) is 12.1 Å². The number of aryl methyl sites for hydroxylation is 1. The molecule has 8 rings (SSSR count). The summed E-state index contributed by atoms with van der Waals surface area (Å²) in [4.78, 5) is 22.4. The summed E-state index contributed by atoms with van der Waals surface area (Å²) in [5, 5.41) is 0. The highest BCUT2D eigenvalue weighted by Crippen LogP contribution is 2.58. The maximum absolute atomic E-state index is 13.6. The van der Waals surface area contributed by atoms with E-state index in [2.05, 4.69) is 40.2 Å². The molecule has 3 unspecified atom stereocenters. The third-order valence-corrected chi connectivity index (χ3v) is 8.05. The van der Waals surface area contributed by atoms with Crippen molar-refractivity contribution < 1.29 is 13.9 Å². The highest BCUT2D eigenvalue weighted by atomic mass is 16.6. The predicted octanol–water partition coefficient (Wildman–Crippen LogP) is 4.07. The molecular weight excluding hydrogens is 390 g/mol. The Kier molecular flexibility index (Phi) is 3.50. The van der Waals surface area contributed by atoms with E-state index in [1.807, 2.05) is 24.0 Å². The quantitative estimate of drug-likeness (QED) is 0.632. The molecule has 3 saturated heterocycles. The van der Waals surface area contributed by atoms with Gasteiger partial charge in [-0.1, -0.05) is 30.3 Å². The topological polar surface area (TPSA) is 58.8 Å². The van der Waals surface area contributed by atoms with Gasteiger partial charge in [0.25, 0.3) is 0 Å². The molecular formula is C25H25N3O3. The zero-order valence-electron chi connectivity index (χ0n) is 17.6. The van der Waals surface area contributed by atoms with Gasteiger partial charge in [0.1, 0.15) is 11.1 Å². The number of hydrogen-bond donors (Lipinski definition) is 0. The molecule has 31 heavy (non-hydrogen) atoms. The van der Waals surface area contributed by atoms with Gasteiger partial charge in [-0.15, -0.1) is 0 Å². The van der Waals surface area contributed by atoms with Crippen molar-refractivity contribution in [3.05, 3.63) is 65.0 Å². The van der Waals surface area contributed by atoms with Crippen LogP contribution in [0.4, 0.5) is 4.79 Å². The molecule has 5 atom stereocenters. The van der Waals surface area contributed by atoms with E-state index in [0.717, 1.165) is 42.6 Å². The third kappa shape index (κ3) is 2.37. The van der Waals surface area contributed by atoms with Crippen LogP contribution in [0.1, 0.15) is 41.5 Å². The Morgan fingerprint density at radius 2 is 2.13 bits per heavy atom. The number of oxazole rings is 1. The number of piperidine rings is 4. The lowest BCUT2D eigenvalue weighted by atomic mass is 9.54. The van der Waals surface area contributed by atoms with Crippen molar-refractivity contribution in [2.75, 3.05) is 19.6 Å². The SMILES string of the molecule is Cc1nc2ccc([C@@H]3c4ccccc4CCN3C(=O)O[C@@]34CN5CCC3CC54)cc2o1. The fraction of sp³-hybridized carbons (Fsp3) is 0.440. The average Bonchev–Trinajstić information content (AvgIpc) is 3.17. The maximum Gasteiger partial charge on any atom is 0.411 e. The molecule has 4 bridgehead atoms. The molecule has 1 amide bonds. The second kappa shape index (κ2) is 6.10. The molecule has 4 fully saturated rings. The van der Waals surface area contributed by atoms with Crippen molar-refractivity contribution >= 4 is 17.2 Å². The Morgan fingerprint density at radius 3 is 2.94 bits per heavy atom. The van der Waals surface area contributed by atoms with E-state index in [4.69, 9.17) is 9.15 Å². The van der Waals surface area contributed by atoms with Gasteiger partial charge in [-0.25, -0.2) is 9.78 Å². The van der Waals surface area contributed by atoms with E-state index >= 15 is 0 Å². The van der Waals surface area contributed by atoms with Crippen LogP contribution in [0.25, 0.3) is 11.1 Å². The predicted molar refractivity (Wildman–Crippen MR) is 115 cm³/mol. The number of aromatic nitrogens is 1. The lowest BCUT2D eigenvalue weighted by molar-refractivity contribution is -0.286. The lowest BCUT2D eigenvalue weighted by Gasteiger charge is -2.71. The van der Waals surface area contributed by atoms with Crippen molar-refractivity contribution in [2.45, 2.75) is 43.9 Å². The van der Waals surface area contributed by atoms with Crippen molar-refractivity contribution in [1.82, 2.24) is 14.8 Å². The normalized spacial score (nSPS) is 32.7. The molecule has 6 heteroatoms. The fourth-order valence-electron chi connectivity index (χ4n) is 6.46. The molecule has 6 nitrogen and oxygen atoms in total. The Hall–Kier alpha value is -2.86. The third-order valence-electron chi connectivity index (χ3n) is 8.05. The highest BCUT2D eigenvalue weighted by molar-refractivity contribution is 5.75. The van der Waals surface area contributed by atoms with Crippen LogP contribution in [0.2, 0.25) is 0 Å². The van der Waals surface area contributed by atoms with Gasteiger partial charge in [-0.2, -0.15) is 0 Å². The van der Waals surface area contributed by atoms with Crippen LogP contribution in [-0.4, -0.2) is 52.2 Å². The van der Waals surface area contributed by atoms with Crippen LogP contribution < -0.4 is 0 Å². The van der Waals surface area contributed by atoms with E-state index < -0.39 is 0 Å². The van der Waals surface area contributed by atoms with Gasteiger partial charge in [-0.05, 0) is 54.6 Å². The minimum atomic E-state index is -0.233. The van der Waals surface area contributed by atoms with Gasteiger partial charge in [0, 0.05) is 25.9 Å². The van der Waals surface area contributed by atoms with E-state index in [1.165, 1.54) is 17.5 Å². The summed E-state index contributed by atoms with van der Waals surface area (Å²) < 4.78 is 12.1. The van der Waals surface area contributed by atoms with E-state index in [1.54, 1.807) is 0 Å². The molecule has 5 heterocycles. The van der Waals surface area contributed by atoms with E-state index in [0.29, 0.717) is 24.4 Å². The van der Waals surface area contributed by atoms with Crippen LogP contribution in [-0.2, 0) is 11.2 Å². The van der Waals surface area contributed by atoms with Crippen molar-refractivity contribution in [1.29, 1.82) is 0 Å². The number of fused-ring (bicyclic) bond motifs is 3. The van der Waals surface area contributed by atoms with Gasteiger partial charge < -0.3 is 9.15 Å². The number of carbonyl (C=O) groups is 1. The molecule has 1 saturated carbocycles. The first-order valence-electron chi connectivity index (χ1n) is 11.3. The summed E-state index contributed by atoms with van der Waals surface area (Å²) in [5.74, 6) is 1.19. The maximum atomic E-state index is 13.6. The molecule has 0 N–H and O–H groups in total. The average molecular weight is 415 g/mol. The Balaban J connectivity index is 1.27. The lowest BCUT2D eigenvalue weighted by Crippen LogP contribution is -2.85. The van der Waals surface area contributed by atoms with Crippen molar-refractivity contribution in [2.24, 2.45) is 5.92 Å². The van der Waals surface area contributed by atoms with Crippen LogP contribution in [0.15, 0.2) is 46.9 Å². The monoisotopic (exact) mass is 415 g/mol. The largest absolute Gasteiger partial charge is 0.441 e. The number of carbonyl (C=O) groups excluding carboxylic acids is 1. The summed E-state index contributed by atoms with van der Waals surface area (Å²) in [6.07, 6.45) is 3.00. The summed E-state index contributed by atoms with van der Waals surface area (Å²) in [6, 6.07) is 14.8. The van der Waals surface area contributed by atoms with Crippen molar-refractivity contribution in [3.63, 3.8) is 0 Å². The summed E-state index contributed by atoms with van der Waals surface area (Å²) >= 11 is 0. The number of hydrogen-bond acceptors (Lipinski definition) is 5. The Morgan fingerprint density at radius 1 is 1.23 bits per heavy atom. The first-order valence-corrected chi connectivity index (χ1v) is 11.3. The van der Waals surface area contributed by atoms with Crippen LogP contribution in [0, 0.1) is 12.8 Å². The van der Waals surface area contributed by atoms with Gasteiger partial charge in [-0.3, -0.25) is 9.80 Å². The number of ether oxygens (including phenoxy) is 1. The molecule has 4 aliphatic heterocycles. The van der Waals surface area contributed by atoms with E-state index in [-0.39, 0.29) is 17.7 Å². The van der Waals surface area contributed by atoms with Gasteiger partial charge in [0.15, 0.2) is 11.5 Å². The molecule has 1 aromatic heterocycles. The Labute approximate surface area is 180 Å². The first kappa shape index (κ1) is 17.8. The zero-order valence-corrected chi connectivity index (χ0v) is 17.6. The summed E-state index contributed by atoms with van der Waals surface area (Å²) in [6.45, 7) is 4.58. The van der Waals surface area contributed by atoms with Gasteiger partial charge in [0.2, 0.25) is 0 Å². The number of amides is 1. The minimum Gasteiger partial charge on any atom is -0.441 e. The molecule has 3 aromatic rings. The standard InChI is InChI=1S/C25H25N3O3/c1-15-26-20-7-6-17(12-21(20)30-15)23-19-5-3-2-4-16(19)8-11-28(23)24(29)31-25-14-27-10-9-18(25)13-22(25)27/h2-7,12,18,22-23H,8-11,13-14H2,1H3/t18?,22?,23-,25+/m1/s1. The summed E-state index contributed by atoms with van der Waals surface area (Å²) in [5.41, 5.74) is 4.86. The molecule has 1 aliphatic carbocycles. The fourth-order valence-corrected chi connectivity index (χ4v) is 6.46. The van der Waals surface area contributed by atoms with Gasteiger partial charge >= 0.3 is 6.09 Å². The molecule has 158 valence electrons. The van der Waals surface area contributed by atoms with E-state index in [9.17, 15) is 4.79 Å². The van der Waals surface area contributed by atoms with Crippen LogP contribution >= 0.6 is 0 Å². The second-order valence-electron chi connectivity index (χ2n) is 9.54. The van der Waals surface area contributed by atoms with Crippen molar-refractivity contribution in [3.8, 4) is 0 Å². The zero-order chi connectivity index (χ0) is 20.7. The Bertz CT molecular complexity index is 1210. The molecule has 5 aliphatic rings. The number of nitrogens with zero attached hydrogens (tertiary/aromatic N) is 3. The second-order valence-corrected chi connectivity index (χ2v) is 9.54. The highest BCUT2D eigenvalue weighted by Gasteiger charge is 2.71. The first-order chi connectivity index (χ1) is 15.1. The van der Waals surface area contributed by atoms with Crippen LogP contribution in [0.5, 0.6) is 0 Å². The molecule has 0 radical (unpaired) electrons.